The number of thioether (sulfide) groups is 1. The fraction of sp³-hybridized carbons (Fsp3) is 0.400. The maximum Gasteiger partial charge on any atom is 0.327 e. The summed E-state index contributed by atoms with van der Waals surface area (Å²) in [7, 11) is 0. The summed E-state index contributed by atoms with van der Waals surface area (Å²) in [5.74, 6) is -1.42. The monoisotopic (exact) mass is 369 g/mol. The van der Waals surface area contributed by atoms with Crippen LogP contribution in [0.5, 0.6) is 0 Å². The third-order valence-corrected chi connectivity index (χ3v) is 5.85. The first-order valence-electron chi connectivity index (χ1n) is 7.26. The number of anilines is 1. The zero-order chi connectivity index (χ0) is 17.6. The van der Waals surface area contributed by atoms with Gasteiger partial charge in [0.2, 0.25) is 5.91 Å². The fourth-order valence-corrected chi connectivity index (χ4v) is 4.84. The van der Waals surface area contributed by atoms with Crippen LogP contribution in [0.3, 0.4) is 0 Å². The van der Waals surface area contributed by atoms with E-state index in [1.165, 1.54) is 16.7 Å². The zero-order valence-electron chi connectivity index (χ0n) is 12.9. The zero-order valence-corrected chi connectivity index (χ0v) is 14.5. The van der Waals surface area contributed by atoms with Crippen molar-refractivity contribution in [2.75, 3.05) is 5.32 Å². The Hall–Kier alpha value is -1.93. The molecule has 2 saturated heterocycles. The second-order valence-electron chi connectivity index (χ2n) is 6.18. The topological polar surface area (TPSA) is 98.7 Å². The summed E-state index contributed by atoms with van der Waals surface area (Å²) in [4.78, 5) is 37.1. The minimum atomic E-state index is -1.04. The molecule has 7 nitrogen and oxygen atoms in total. The van der Waals surface area contributed by atoms with Crippen molar-refractivity contribution >= 4 is 47.0 Å². The molecule has 9 heteroatoms. The molecule has 1 aromatic carbocycles. The van der Waals surface area contributed by atoms with E-state index in [9.17, 15) is 19.5 Å². The highest BCUT2D eigenvalue weighted by Crippen LogP contribution is 2.50. The summed E-state index contributed by atoms with van der Waals surface area (Å²) < 4.78 is -0.619. The fourth-order valence-electron chi connectivity index (χ4n) is 3.02. The van der Waals surface area contributed by atoms with E-state index in [1.54, 1.807) is 38.1 Å². The first-order valence-corrected chi connectivity index (χ1v) is 8.52. The summed E-state index contributed by atoms with van der Waals surface area (Å²) in [5, 5.41) is 14.7. The Morgan fingerprint density at radius 3 is 2.71 bits per heavy atom. The predicted octanol–water partition coefficient (Wildman–Crippen LogP) is 1.98. The Bertz CT molecular complexity index is 726. The van der Waals surface area contributed by atoms with Crippen LogP contribution in [0, 0.1) is 0 Å². The highest BCUT2D eigenvalue weighted by atomic mass is 35.5. The van der Waals surface area contributed by atoms with Crippen LogP contribution in [-0.2, 0) is 9.59 Å². The lowest BCUT2D eigenvalue weighted by Crippen LogP contribution is -2.70. The van der Waals surface area contributed by atoms with Crippen molar-refractivity contribution in [2.24, 2.45) is 0 Å². The van der Waals surface area contributed by atoms with Crippen LogP contribution in [0.15, 0.2) is 24.3 Å². The molecule has 2 aliphatic rings. The molecule has 0 aromatic heterocycles. The van der Waals surface area contributed by atoms with Gasteiger partial charge in [0.25, 0.3) is 0 Å². The number of hydrogen-bond acceptors (Lipinski definition) is 4. The van der Waals surface area contributed by atoms with Crippen molar-refractivity contribution in [1.29, 1.82) is 0 Å². The van der Waals surface area contributed by atoms with E-state index in [-0.39, 0.29) is 11.3 Å². The van der Waals surface area contributed by atoms with Crippen molar-refractivity contribution in [2.45, 2.75) is 36.1 Å². The SMILES string of the molecule is CC1(C)S[C@H]2[C@H](NC(=O)Nc3cccc(Cl)c3)C(=O)N2[C@@H]1C(=O)O. The number of carbonyl (C=O) groups excluding carboxylic acids is 2. The number of hydrogen-bond donors (Lipinski definition) is 3. The van der Waals surface area contributed by atoms with Gasteiger partial charge in [-0.1, -0.05) is 17.7 Å². The Balaban J connectivity index is 1.67. The highest BCUT2D eigenvalue weighted by molar-refractivity contribution is 8.01. The van der Waals surface area contributed by atoms with E-state index in [1.807, 2.05) is 0 Å². The average molecular weight is 370 g/mol. The number of β-lactam (4-membered cyclic amide) rings is 1. The molecule has 0 aliphatic carbocycles. The average Bonchev–Trinajstić information content (AvgIpc) is 2.73. The summed E-state index contributed by atoms with van der Waals surface area (Å²) in [6.45, 7) is 3.57. The van der Waals surface area contributed by atoms with E-state index in [0.717, 1.165) is 0 Å². The molecule has 2 heterocycles. The number of aliphatic carboxylic acids is 1. The van der Waals surface area contributed by atoms with Crippen molar-refractivity contribution in [3.8, 4) is 0 Å². The van der Waals surface area contributed by atoms with E-state index in [2.05, 4.69) is 10.6 Å². The van der Waals surface area contributed by atoms with Gasteiger partial charge in [-0.05, 0) is 32.0 Å². The van der Waals surface area contributed by atoms with Crippen molar-refractivity contribution < 1.29 is 19.5 Å². The molecular weight excluding hydrogens is 354 g/mol. The standard InChI is InChI=1S/C15H16ClN3O4S/c1-15(2)10(13(21)22)19-11(20)9(12(19)24-15)18-14(23)17-8-5-3-4-7(16)6-8/h3-6,9-10,12H,1-2H3,(H,21,22)(H2,17,18,23)/t9-,10-,12+/m1/s1. The first kappa shape index (κ1) is 16.9. The van der Waals surface area contributed by atoms with Gasteiger partial charge in [0.05, 0.1) is 0 Å². The lowest BCUT2D eigenvalue weighted by atomic mass is 9.96. The third-order valence-electron chi connectivity index (χ3n) is 4.04. The van der Waals surface area contributed by atoms with Crippen molar-refractivity contribution in [3.05, 3.63) is 29.3 Å². The number of urea groups is 1. The lowest BCUT2D eigenvalue weighted by Gasteiger charge is -2.43. The van der Waals surface area contributed by atoms with E-state index in [4.69, 9.17) is 11.6 Å². The number of halogens is 1. The lowest BCUT2D eigenvalue weighted by molar-refractivity contribution is -0.159. The van der Waals surface area contributed by atoms with E-state index >= 15 is 0 Å². The molecule has 2 fully saturated rings. The Kier molecular flexibility index (Phi) is 4.13. The molecule has 0 saturated carbocycles. The number of carboxylic acid groups (broad SMARTS) is 1. The predicted molar refractivity (Wildman–Crippen MR) is 91.1 cm³/mol. The van der Waals surface area contributed by atoms with Gasteiger partial charge in [0.1, 0.15) is 17.5 Å². The molecule has 1 aromatic rings. The van der Waals surface area contributed by atoms with Gasteiger partial charge in [-0.2, -0.15) is 0 Å². The number of nitrogens with zero attached hydrogens (tertiary/aromatic N) is 1. The van der Waals surface area contributed by atoms with Crippen LogP contribution in [-0.4, -0.2) is 50.1 Å². The maximum atomic E-state index is 12.3. The van der Waals surface area contributed by atoms with Gasteiger partial charge in [0, 0.05) is 15.5 Å². The van der Waals surface area contributed by atoms with Gasteiger partial charge < -0.3 is 20.6 Å². The van der Waals surface area contributed by atoms with Gasteiger partial charge in [-0.15, -0.1) is 11.8 Å². The first-order chi connectivity index (χ1) is 11.2. The number of rotatable bonds is 3. The van der Waals surface area contributed by atoms with Crippen LogP contribution in [0.25, 0.3) is 0 Å². The Morgan fingerprint density at radius 2 is 2.08 bits per heavy atom. The molecule has 3 rings (SSSR count). The Labute approximate surface area is 147 Å². The summed E-state index contributed by atoms with van der Waals surface area (Å²) in [5.41, 5.74) is 0.506. The summed E-state index contributed by atoms with van der Waals surface area (Å²) >= 11 is 7.23. The Morgan fingerprint density at radius 1 is 1.38 bits per heavy atom. The van der Waals surface area contributed by atoms with E-state index < -0.39 is 28.8 Å². The molecule has 3 N–H and O–H groups in total. The molecule has 0 bridgehead atoms. The molecule has 3 amide bonds. The van der Waals surface area contributed by atoms with Gasteiger partial charge in [-0.3, -0.25) is 4.79 Å². The van der Waals surface area contributed by atoms with Crippen LogP contribution in [0.4, 0.5) is 10.5 Å². The second-order valence-corrected chi connectivity index (χ2v) is 8.39. The van der Waals surface area contributed by atoms with Gasteiger partial charge in [-0.25, -0.2) is 9.59 Å². The van der Waals surface area contributed by atoms with Crippen LogP contribution in [0.1, 0.15) is 13.8 Å². The van der Waals surface area contributed by atoms with Crippen molar-refractivity contribution in [1.82, 2.24) is 10.2 Å². The van der Waals surface area contributed by atoms with Crippen LogP contribution in [0.2, 0.25) is 5.02 Å². The third kappa shape index (κ3) is 2.80. The van der Waals surface area contributed by atoms with Crippen LogP contribution < -0.4 is 10.6 Å². The largest absolute Gasteiger partial charge is 0.480 e. The molecule has 3 atom stereocenters. The number of carboxylic acids is 1. The number of fused-ring (bicyclic) bond motifs is 1. The molecule has 24 heavy (non-hydrogen) atoms. The number of amides is 3. The second kappa shape index (κ2) is 5.86. The quantitative estimate of drug-likeness (QED) is 0.707. The maximum absolute atomic E-state index is 12.3. The van der Waals surface area contributed by atoms with E-state index in [0.29, 0.717) is 10.7 Å². The van der Waals surface area contributed by atoms with Gasteiger partial charge >= 0.3 is 12.0 Å². The molecule has 128 valence electrons. The number of benzene rings is 1. The molecular formula is C15H16ClN3O4S. The van der Waals surface area contributed by atoms with Crippen molar-refractivity contribution in [3.63, 3.8) is 0 Å². The minimum absolute atomic E-state index is 0.376. The number of nitrogens with one attached hydrogen (secondary N) is 2. The molecule has 0 radical (unpaired) electrons. The summed E-state index contributed by atoms with van der Waals surface area (Å²) in [6, 6.07) is 4.47. The highest BCUT2D eigenvalue weighted by Gasteiger charge is 2.64. The smallest absolute Gasteiger partial charge is 0.327 e. The summed E-state index contributed by atoms with van der Waals surface area (Å²) in [6.07, 6.45) is 0. The molecule has 0 unspecified atom stereocenters. The normalized spacial score (nSPS) is 27.2. The molecule has 2 aliphatic heterocycles. The van der Waals surface area contributed by atoms with Crippen LogP contribution >= 0.6 is 23.4 Å². The minimum Gasteiger partial charge on any atom is -0.480 e. The van der Waals surface area contributed by atoms with Gasteiger partial charge in [0.15, 0.2) is 0 Å². The number of carbonyl (C=O) groups is 3. The molecule has 0 spiro atoms.